The Kier molecular flexibility index (Phi) is 4.65. The highest BCUT2D eigenvalue weighted by Crippen LogP contribution is 2.27. The fourth-order valence-electron chi connectivity index (χ4n) is 3.35. The second kappa shape index (κ2) is 6.86. The first kappa shape index (κ1) is 15.6. The van der Waals surface area contributed by atoms with E-state index in [1.807, 2.05) is 18.2 Å². The van der Waals surface area contributed by atoms with Gasteiger partial charge in [-0.05, 0) is 37.0 Å². The van der Waals surface area contributed by atoms with Crippen LogP contribution in [0.3, 0.4) is 0 Å². The van der Waals surface area contributed by atoms with E-state index < -0.39 is 0 Å². The summed E-state index contributed by atoms with van der Waals surface area (Å²) < 4.78 is 4.75. The number of benzene rings is 1. The number of hydrogen-bond acceptors (Lipinski definition) is 3. The second-order valence-corrected chi connectivity index (χ2v) is 6.21. The van der Waals surface area contributed by atoms with Crippen molar-refractivity contribution in [1.82, 2.24) is 4.98 Å². The maximum atomic E-state index is 12.2. The average molecular weight is 314 g/mol. The van der Waals surface area contributed by atoms with Gasteiger partial charge in [0.05, 0.1) is 12.7 Å². The molecule has 1 aliphatic carbocycles. The molecule has 5 nitrogen and oxygen atoms in total. The maximum Gasteiger partial charge on any atom is 0.340 e. The number of H-pyrrole nitrogens is 1. The summed E-state index contributed by atoms with van der Waals surface area (Å²) >= 11 is 0. The zero-order chi connectivity index (χ0) is 16.2. The van der Waals surface area contributed by atoms with Gasteiger partial charge in [-0.15, -0.1) is 0 Å². The first-order chi connectivity index (χ1) is 11.2. The Morgan fingerprint density at radius 2 is 2.04 bits per heavy atom. The lowest BCUT2D eigenvalue weighted by Gasteiger charge is -2.20. The molecule has 0 atom stereocenters. The molecular weight excluding hydrogens is 292 g/mol. The number of ether oxygens (including phenoxy) is 1. The number of hydrogen-bond donors (Lipinski definition) is 2. The van der Waals surface area contributed by atoms with Crippen LogP contribution in [0.15, 0.2) is 24.4 Å². The fourth-order valence-corrected chi connectivity index (χ4v) is 3.35. The Balaban J connectivity index is 1.68. The van der Waals surface area contributed by atoms with Gasteiger partial charge in [0.15, 0.2) is 0 Å². The molecule has 2 N–H and O–H groups in total. The number of carbonyl (C=O) groups is 2. The minimum absolute atomic E-state index is 0.0657. The van der Waals surface area contributed by atoms with Crippen LogP contribution in [-0.4, -0.2) is 24.0 Å². The van der Waals surface area contributed by atoms with Crippen molar-refractivity contribution in [1.29, 1.82) is 0 Å². The molecule has 1 aromatic heterocycles. The number of aromatic amines is 1. The Morgan fingerprint density at radius 3 is 2.78 bits per heavy atom. The lowest BCUT2D eigenvalue weighted by molar-refractivity contribution is -0.117. The topological polar surface area (TPSA) is 71.2 Å². The van der Waals surface area contributed by atoms with Gasteiger partial charge in [-0.3, -0.25) is 4.79 Å². The van der Waals surface area contributed by atoms with Crippen molar-refractivity contribution in [3.8, 4) is 0 Å². The van der Waals surface area contributed by atoms with Crippen molar-refractivity contribution >= 4 is 28.5 Å². The van der Waals surface area contributed by atoms with Crippen molar-refractivity contribution in [3.63, 3.8) is 0 Å². The highest BCUT2D eigenvalue weighted by Gasteiger charge is 2.17. The lowest BCUT2D eigenvalue weighted by Crippen LogP contribution is -2.18. The van der Waals surface area contributed by atoms with Crippen LogP contribution in [0.2, 0.25) is 0 Å². The van der Waals surface area contributed by atoms with E-state index in [9.17, 15) is 9.59 Å². The zero-order valence-corrected chi connectivity index (χ0v) is 13.4. The molecule has 0 aliphatic heterocycles. The Hall–Kier alpha value is -2.30. The minimum atomic E-state index is -0.370. The molecule has 23 heavy (non-hydrogen) atoms. The van der Waals surface area contributed by atoms with Crippen molar-refractivity contribution in [2.75, 3.05) is 12.4 Å². The largest absolute Gasteiger partial charge is 0.465 e. The third-order valence-corrected chi connectivity index (χ3v) is 4.57. The first-order valence-corrected chi connectivity index (χ1v) is 8.16. The van der Waals surface area contributed by atoms with Gasteiger partial charge in [0.1, 0.15) is 0 Å². The maximum absolute atomic E-state index is 12.2. The molecule has 1 aliphatic rings. The number of amides is 1. The molecule has 0 saturated heterocycles. The predicted octanol–water partition coefficient (Wildman–Crippen LogP) is 3.86. The smallest absolute Gasteiger partial charge is 0.340 e. The molecule has 122 valence electrons. The number of methoxy groups -OCH3 is 1. The Bertz CT molecular complexity index is 714. The zero-order valence-electron chi connectivity index (χ0n) is 13.4. The molecule has 0 unspecified atom stereocenters. The van der Waals surface area contributed by atoms with E-state index in [1.165, 1.54) is 26.4 Å². The number of carbonyl (C=O) groups excluding carboxylic acids is 2. The van der Waals surface area contributed by atoms with Crippen LogP contribution < -0.4 is 5.32 Å². The molecule has 0 spiro atoms. The van der Waals surface area contributed by atoms with Gasteiger partial charge in [0, 0.05) is 29.2 Å². The number of nitrogens with one attached hydrogen (secondary N) is 2. The van der Waals surface area contributed by atoms with Gasteiger partial charge >= 0.3 is 5.97 Å². The van der Waals surface area contributed by atoms with Gasteiger partial charge in [-0.2, -0.15) is 0 Å². The lowest BCUT2D eigenvalue weighted by atomic mass is 9.87. The highest BCUT2D eigenvalue weighted by molar-refractivity contribution is 6.05. The van der Waals surface area contributed by atoms with Gasteiger partial charge in [-0.1, -0.05) is 19.3 Å². The molecule has 0 radical (unpaired) electrons. The molecule has 5 heteroatoms. The molecule has 3 rings (SSSR count). The average Bonchev–Trinajstić information content (AvgIpc) is 2.98. The van der Waals surface area contributed by atoms with E-state index in [0.29, 0.717) is 17.9 Å². The number of fused-ring (bicyclic) bond motifs is 1. The van der Waals surface area contributed by atoms with Crippen LogP contribution in [0.4, 0.5) is 5.69 Å². The van der Waals surface area contributed by atoms with E-state index in [4.69, 9.17) is 4.74 Å². The van der Waals surface area contributed by atoms with Crippen molar-refractivity contribution in [3.05, 3.63) is 30.0 Å². The monoisotopic (exact) mass is 314 g/mol. The van der Waals surface area contributed by atoms with Crippen molar-refractivity contribution < 1.29 is 14.3 Å². The summed E-state index contributed by atoms with van der Waals surface area (Å²) in [4.78, 5) is 26.9. The number of esters is 1. The molecule has 1 fully saturated rings. The van der Waals surface area contributed by atoms with Gasteiger partial charge < -0.3 is 15.0 Å². The normalized spacial score (nSPS) is 15.5. The number of aromatic nitrogens is 1. The Labute approximate surface area is 135 Å². The van der Waals surface area contributed by atoms with Gasteiger partial charge in [-0.25, -0.2) is 4.79 Å². The standard InChI is InChI=1S/C18H22N2O3/c1-23-18(22)15-11-19-16-10-13(7-8-14(15)16)20-17(21)9-12-5-3-2-4-6-12/h7-8,10-12,19H,2-6,9H2,1H3,(H,20,21). The summed E-state index contributed by atoms with van der Waals surface area (Å²) in [5.74, 6) is 0.213. The number of anilines is 1. The van der Waals surface area contributed by atoms with E-state index >= 15 is 0 Å². The SMILES string of the molecule is COC(=O)c1c[nH]c2cc(NC(=O)CC3CCCCC3)ccc12. The van der Waals surface area contributed by atoms with Crippen LogP contribution in [-0.2, 0) is 9.53 Å². The van der Waals surface area contributed by atoms with E-state index in [1.54, 1.807) is 6.20 Å². The molecule has 2 aromatic rings. The molecule has 1 saturated carbocycles. The third kappa shape index (κ3) is 3.55. The minimum Gasteiger partial charge on any atom is -0.465 e. The molecule has 1 heterocycles. The summed E-state index contributed by atoms with van der Waals surface area (Å²) in [7, 11) is 1.36. The quantitative estimate of drug-likeness (QED) is 0.842. The number of rotatable bonds is 4. The van der Waals surface area contributed by atoms with Crippen molar-refractivity contribution in [2.24, 2.45) is 5.92 Å². The molecule has 1 amide bonds. The van der Waals surface area contributed by atoms with Crippen LogP contribution in [0.5, 0.6) is 0 Å². The second-order valence-electron chi connectivity index (χ2n) is 6.21. The summed E-state index contributed by atoms with van der Waals surface area (Å²) in [6.45, 7) is 0. The third-order valence-electron chi connectivity index (χ3n) is 4.57. The van der Waals surface area contributed by atoms with Gasteiger partial charge in [0.2, 0.25) is 5.91 Å². The van der Waals surface area contributed by atoms with Crippen LogP contribution in [0, 0.1) is 5.92 Å². The summed E-state index contributed by atoms with van der Waals surface area (Å²) in [6, 6.07) is 5.50. The summed E-state index contributed by atoms with van der Waals surface area (Å²) in [5.41, 5.74) is 2.06. The molecule has 1 aromatic carbocycles. The van der Waals surface area contributed by atoms with Crippen LogP contribution in [0.25, 0.3) is 10.9 Å². The molecule has 0 bridgehead atoms. The summed E-state index contributed by atoms with van der Waals surface area (Å²) in [6.07, 6.45) is 8.31. The molecular formula is C18H22N2O3. The van der Waals surface area contributed by atoms with Crippen LogP contribution in [0.1, 0.15) is 48.9 Å². The van der Waals surface area contributed by atoms with Crippen LogP contribution >= 0.6 is 0 Å². The fraction of sp³-hybridized carbons (Fsp3) is 0.444. The summed E-state index contributed by atoms with van der Waals surface area (Å²) in [5, 5.41) is 3.75. The van der Waals surface area contributed by atoms with Gasteiger partial charge in [0.25, 0.3) is 0 Å². The van der Waals surface area contributed by atoms with E-state index in [-0.39, 0.29) is 11.9 Å². The van der Waals surface area contributed by atoms with E-state index in [0.717, 1.165) is 29.4 Å². The predicted molar refractivity (Wildman–Crippen MR) is 89.5 cm³/mol. The first-order valence-electron chi connectivity index (χ1n) is 8.16. The Morgan fingerprint density at radius 1 is 1.26 bits per heavy atom. The highest BCUT2D eigenvalue weighted by atomic mass is 16.5. The van der Waals surface area contributed by atoms with E-state index in [2.05, 4.69) is 10.3 Å². The van der Waals surface area contributed by atoms with Crippen molar-refractivity contribution in [2.45, 2.75) is 38.5 Å².